The molecule has 0 aromatic heterocycles. The Morgan fingerprint density at radius 2 is 1.76 bits per heavy atom. The van der Waals surface area contributed by atoms with E-state index in [1.54, 1.807) is 0 Å². The summed E-state index contributed by atoms with van der Waals surface area (Å²) in [6.45, 7) is 0.344. The number of nitrogens with one attached hydrogen (secondary N) is 1. The Hall–Kier alpha value is -0.220. The second-order valence-corrected chi connectivity index (χ2v) is 5.45. The van der Waals surface area contributed by atoms with Crippen molar-refractivity contribution in [2.75, 3.05) is 13.2 Å². The predicted octanol–water partition coefficient (Wildman–Crippen LogP) is 3.11. The van der Waals surface area contributed by atoms with Crippen LogP contribution in [0.5, 0.6) is 0 Å². The molecule has 2 saturated carbocycles. The van der Waals surface area contributed by atoms with E-state index in [2.05, 4.69) is 5.32 Å². The van der Waals surface area contributed by atoms with Crippen LogP contribution in [-0.2, 0) is 4.74 Å². The Morgan fingerprint density at radius 1 is 1.12 bits per heavy atom. The largest absolute Gasteiger partial charge is 0.368 e. The van der Waals surface area contributed by atoms with Gasteiger partial charge in [0.15, 0.2) is 0 Å². The van der Waals surface area contributed by atoms with Crippen LogP contribution in [0, 0.1) is 0 Å². The number of ether oxygens (including phenoxy) is 1. The summed E-state index contributed by atoms with van der Waals surface area (Å²) >= 11 is 0. The fourth-order valence-corrected chi connectivity index (χ4v) is 2.60. The Labute approximate surface area is 102 Å². The number of halogens is 2. The van der Waals surface area contributed by atoms with E-state index >= 15 is 0 Å². The molecule has 4 heteroatoms. The van der Waals surface area contributed by atoms with Gasteiger partial charge in [-0.15, -0.1) is 0 Å². The highest BCUT2D eigenvalue weighted by Gasteiger charge is 2.34. The lowest BCUT2D eigenvalue weighted by Gasteiger charge is -2.33. The summed E-state index contributed by atoms with van der Waals surface area (Å²) in [5, 5.41) is 3.45. The summed E-state index contributed by atoms with van der Waals surface area (Å²) in [5.41, 5.74) is -0.324. The Kier molecular flexibility index (Phi) is 4.74. The second-order valence-electron chi connectivity index (χ2n) is 5.45. The molecule has 0 unspecified atom stereocenters. The molecule has 0 saturated heterocycles. The first-order valence-electron chi connectivity index (χ1n) is 6.86. The zero-order valence-electron chi connectivity index (χ0n) is 10.4. The lowest BCUT2D eigenvalue weighted by molar-refractivity contribution is -0.0956. The summed E-state index contributed by atoms with van der Waals surface area (Å²) in [5.74, 6) is 0. The second kappa shape index (κ2) is 6.10. The van der Waals surface area contributed by atoms with Crippen LogP contribution in [0.2, 0.25) is 0 Å². The molecule has 0 amide bonds. The van der Waals surface area contributed by atoms with E-state index in [9.17, 15) is 8.78 Å². The third-order valence-electron chi connectivity index (χ3n) is 3.82. The minimum Gasteiger partial charge on any atom is -0.368 e. The maximum atomic E-state index is 12.3. The SMILES string of the molecule is FC(F)COC1(CNC2CC2)CCCCCC1. The first-order chi connectivity index (χ1) is 8.20. The standard InChI is InChI=1S/C13H23F2NO/c14-12(15)9-17-13(10-16-11-5-6-11)7-3-1-2-4-8-13/h11-12,16H,1-10H2. The van der Waals surface area contributed by atoms with Gasteiger partial charge in [-0.2, -0.15) is 0 Å². The molecule has 0 atom stereocenters. The highest BCUT2D eigenvalue weighted by molar-refractivity contribution is 4.90. The molecule has 0 aromatic rings. The summed E-state index contributed by atoms with van der Waals surface area (Å²) in [6.07, 6.45) is 6.60. The fraction of sp³-hybridized carbons (Fsp3) is 1.00. The van der Waals surface area contributed by atoms with Crippen molar-refractivity contribution in [1.29, 1.82) is 0 Å². The lowest BCUT2D eigenvalue weighted by atomic mass is 9.94. The summed E-state index contributed by atoms with van der Waals surface area (Å²) in [4.78, 5) is 0. The molecular formula is C13H23F2NO. The molecule has 2 aliphatic rings. The van der Waals surface area contributed by atoms with Crippen LogP contribution in [-0.4, -0.2) is 31.2 Å². The van der Waals surface area contributed by atoms with Gasteiger partial charge >= 0.3 is 0 Å². The monoisotopic (exact) mass is 247 g/mol. The minimum atomic E-state index is -2.35. The molecule has 2 nitrogen and oxygen atoms in total. The Balaban J connectivity index is 1.86. The summed E-state index contributed by atoms with van der Waals surface area (Å²) in [7, 11) is 0. The third-order valence-corrected chi connectivity index (χ3v) is 3.82. The van der Waals surface area contributed by atoms with Gasteiger partial charge in [0.1, 0.15) is 6.61 Å². The van der Waals surface area contributed by atoms with Gasteiger partial charge < -0.3 is 10.1 Å². The molecule has 100 valence electrons. The zero-order valence-corrected chi connectivity index (χ0v) is 10.4. The molecule has 0 radical (unpaired) electrons. The van der Waals surface area contributed by atoms with Gasteiger partial charge in [-0.1, -0.05) is 25.7 Å². The van der Waals surface area contributed by atoms with Crippen molar-refractivity contribution in [2.24, 2.45) is 0 Å². The first-order valence-corrected chi connectivity index (χ1v) is 6.86. The van der Waals surface area contributed by atoms with E-state index < -0.39 is 13.0 Å². The number of rotatable bonds is 6. The molecule has 2 aliphatic carbocycles. The van der Waals surface area contributed by atoms with Gasteiger partial charge in [0.05, 0.1) is 5.60 Å². The van der Waals surface area contributed by atoms with Crippen molar-refractivity contribution in [3.8, 4) is 0 Å². The molecule has 0 aliphatic heterocycles. The molecule has 1 N–H and O–H groups in total. The highest BCUT2D eigenvalue weighted by Crippen LogP contribution is 2.31. The van der Waals surface area contributed by atoms with Gasteiger partial charge in [0.25, 0.3) is 6.43 Å². The molecule has 0 heterocycles. The van der Waals surface area contributed by atoms with Gasteiger partial charge in [-0.25, -0.2) is 8.78 Å². The van der Waals surface area contributed by atoms with E-state index in [0.717, 1.165) is 32.2 Å². The van der Waals surface area contributed by atoms with Crippen LogP contribution < -0.4 is 5.32 Å². The maximum absolute atomic E-state index is 12.3. The van der Waals surface area contributed by atoms with Crippen LogP contribution in [0.4, 0.5) is 8.78 Å². The topological polar surface area (TPSA) is 21.3 Å². The smallest absolute Gasteiger partial charge is 0.261 e. The van der Waals surface area contributed by atoms with E-state index in [0.29, 0.717) is 6.04 Å². The van der Waals surface area contributed by atoms with Gasteiger partial charge in [-0.3, -0.25) is 0 Å². The summed E-state index contributed by atoms with van der Waals surface area (Å²) < 4.78 is 30.2. The normalized spacial score (nSPS) is 24.9. The van der Waals surface area contributed by atoms with E-state index in [1.807, 2.05) is 0 Å². The highest BCUT2D eigenvalue weighted by atomic mass is 19.3. The summed E-state index contributed by atoms with van der Waals surface area (Å²) in [6, 6.07) is 0.616. The van der Waals surface area contributed by atoms with Crippen molar-refractivity contribution >= 4 is 0 Å². The molecule has 0 bridgehead atoms. The predicted molar refractivity (Wildman–Crippen MR) is 63.4 cm³/mol. The van der Waals surface area contributed by atoms with Gasteiger partial charge in [-0.05, 0) is 25.7 Å². The fourth-order valence-electron chi connectivity index (χ4n) is 2.60. The molecular weight excluding hydrogens is 224 g/mol. The molecule has 0 spiro atoms. The maximum Gasteiger partial charge on any atom is 0.261 e. The van der Waals surface area contributed by atoms with Crippen LogP contribution in [0.25, 0.3) is 0 Å². The van der Waals surface area contributed by atoms with Crippen molar-refractivity contribution in [3.05, 3.63) is 0 Å². The van der Waals surface area contributed by atoms with Crippen molar-refractivity contribution in [3.63, 3.8) is 0 Å². The van der Waals surface area contributed by atoms with E-state index in [-0.39, 0.29) is 5.60 Å². The van der Waals surface area contributed by atoms with Crippen LogP contribution >= 0.6 is 0 Å². The van der Waals surface area contributed by atoms with Crippen molar-refractivity contribution in [1.82, 2.24) is 5.32 Å². The Bertz CT molecular complexity index is 215. The van der Waals surface area contributed by atoms with E-state index in [1.165, 1.54) is 25.7 Å². The minimum absolute atomic E-state index is 0.324. The van der Waals surface area contributed by atoms with Gasteiger partial charge in [0, 0.05) is 12.6 Å². The molecule has 0 aromatic carbocycles. The lowest BCUT2D eigenvalue weighted by Crippen LogP contribution is -2.44. The first kappa shape index (κ1) is 13.2. The molecule has 2 rings (SSSR count). The molecule has 17 heavy (non-hydrogen) atoms. The van der Waals surface area contributed by atoms with Crippen molar-refractivity contribution < 1.29 is 13.5 Å². The van der Waals surface area contributed by atoms with Crippen molar-refractivity contribution in [2.45, 2.75) is 69.4 Å². The number of alkyl halides is 2. The van der Waals surface area contributed by atoms with Gasteiger partial charge in [0.2, 0.25) is 0 Å². The quantitative estimate of drug-likeness (QED) is 0.728. The Morgan fingerprint density at radius 3 is 2.29 bits per heavy atom. The van der Waals surface area contributed by atoms with Crippen LogP contribution in [0.1, 0.15) is 51.4 Å². The average Bonchev–Trinajstić information content (AvgIpc) is 3.12. The van der Waals surface area contributed by atoms with E-state index in [4.69, 9.17) is 4.74 Å². The third kappa shape index (κ3) is 4.51. The molecule has 2 fully saturated rings. The van der Waals surface area contributed by atoms with Crippen LogP contribution in [0.15, 0.2) is 0 Å². The number of hydrogen-bond donors (Lipinski definition) is 1. The van der Waals surface area contributed by atoms with Crippen LogP contribution in [0.3, 0.4) is 0 Å². The zero-order chi connectivity index (χ0) is 12.1. The average molecular weight is 247 g/mol. The number of hydrogen-bond acceptors (Lipinski definition) is 2.